The zero-order chi connectivity index (χ0) is 8.43. The second-order valence-corrected chi connectivity index (χ2v) is 3.09. The number of nitrogens with two attached hydrogens (primary N) is 1. The molecule has 1 aromatic rings. The van der Waals surface area contributed by atoms with Crippen LogP contribution in [0.3, 0.4) is 0 Å². The maximum atomic E-state index is 10.3. The van der Waals surface area contributed by atoms with E-state index in [2.05, 4.69) is 4.37 Å². The van der Waals surface area contributed by atoms with Crippen LogP contribution in [0.15, 0.2) is 6.20 Å². The van der Waals surface area contributed by atoms with E-state index in [4.69, 9.17) is 22.4 Å². The van der Waals surface area contributed by atoms with Gasteiger partial charge in [-0.15, -0.1) is 0 Å². The summed E-state index contributed by atoms with van der Waals surface area (Å²) in [6.07, 6.45) is 1.38. The van der Waals surface area contributed by atoms with Gasteiger partial charge >= 0.3 is 5.97 Å². The number of aromatic nitrogens is 1. The van der Waals surface area contributed by atoms with Crippen LogP contribution < -0.4 is 5.73 Å². The van der Waals surface area contributed by atoms with Gasteiger partial charge in [-0.05, 0) is 11.5 Å². The zero-order valence-electron chi connectivity index (χ0n) is 5.32. The van der Waals surface area contributed by atoms with Crippen LogP contribution in [0.2, 0.25) is 5.02 Å². The maximum absolute atomic E-state index is 10.3. The molecule has 1 aromatic heterocycles. The van der Waals surface area contributed by atoms with Crippen molar-refractivity contribution in [3.8, 4) is 0 Å². The van der Waals surface area contributed by atoms with Gasteiger partial charge in [-0.25, -0.2) is 0 Å². The standard InChI is InChI=1S/C5H5ClN2O2S/c6-2-1-8-11-4(2)3(7)5(9)10/h1,3H,7H2,(H,9,10). The summed E-state index contributed by atoms with van der Waals surface area (Å²) in [4.78, 5) is 10.7. The van der Waals surface area contributed by atoms with E-state index in [-0.39, 0.29) is 0 Å². The number of rotatable bonds is 2. The van der Waals surface area contributed by atoms with E-state index in [9.17, 15) is 4.79 Å². The summed E-state index contributed by atoms with van der Waals surface area (Å²) in [5, 5.41) is 8.78. The molecule has 4 nitrogen and oxygen atoms in total. The van der Waals surface area contributed by atoms with Gasteiger partial charge in [0.1, 0.15) is 6.04 Å². The molecule has 1 heterocycles. The maximum Gasteiger partial charge on any atom is 0.326 e. The highest BCUT2D eigenvalue weighted by Gasteiger charge is 2.19. The van der Waals surface area contributed by atoms with Crippen molar-refractivity contribution in [2.75, 3.05) is 0 Å². The van der Waals surface area contributed by atoms with E-state index in [0.717, 1.165) is 11.5 Å². The Morgan fingerprint density at radius 3 is 2.91 bits per heavy atom. The van der Waals surface area contributed by atoms with Gasteiger partial charge in [0.25, 0.3) is 0 Å². The normalized spacial score (nSPS) is 12.9. The molecular weight excluding hydrogens is 188 g/mol. The van der Waals surface area contributed by atoms with E-state index in [1.54, 1.807) is 0 Å². The molecule has 11 heavy (non-hydrogen) atoms. The zero-order valence-corrected chi connectivity index (χ0v) is 6.89. The Bertz CT molecular complexity index is 275. The van der Waals surface area contributed by atoms with Crippen molar-refractivity contribution in [3.05, 3.63) is 16.1 Å². The van der Waals surface area contributed by atoms with Gasteiger partial charge in [-0.2, -0.15) is 4.37 Å². The lowest BCUT2D eigenvalue weighted by molar-refractivity contribution is -0.138. The molecule has 0 radical (unpaired) electrons. The highest BCUT2D eigenvalue weighted by Crippen LogP contribution is 2.24. The minimum atomic E-state index is -1.10. The highest BCUT2D eigenvalue weighted by molar-refractivity contribution is 7.06. The van der Waals surface area contributed by atoms with E-state index >= 15 is 0 Å². The summed E-state index contributed by atoms with van der Waals surface area (Å²) in [5.74, 6) is -1.10. The summed E-state index contributed by atoms with van der Waals surface area (Å²) in [7, 11) is 0. The van der Waals surface area contributed by atoms with Gasteiger partial charge in [0.05, 0.1) is 16.1 Å². The first-order chi connectivity index (χ1) is 5.13. The molecule has 0 aliphatic carbocycles. The van der Waals surface area contributed by atoms with E-state index in [1.165, 1.54) is 6.20 Å². The molecule has 0 aliphatic rings. The number of aliphatic carboxylic acids is 1. The highest BCUT2D eigenvalue weighted by atomic mass is 35.5. The van der Waals surface area contributed by atoms with Crippen LogP contribution in [-0.4, -0.2) is 15.4 Å². The third-order valence-electron chi connectivity index (χ3n) is 1.10. The number of carbonyl (C=O) groups is 1. The van der Waals surface area contributed by atoms with Crippen molar-refractivity contribution in [2.45, 2.75) is 6.04 Å². The Morgan fingerprint density at radius 1 is 1.91 bits per heavy atom. The van der Waals surface area contributed by atoms with Crippen molar-refractivity contribution in [1.29, 1.82) is 0 Å². The Kier molecular flexibility index (Phi) is 2.43. The average Bonchev–Trinajstić information content (AvgIpc) is 2.33. The molecule has 1 rings (SSSR count). The van der Waals surface area contributed by atoms with Crippen LogP contribution in [0, 0.1) is 0 Å². The van der Waals surface area contributed by atoms with Crippen LogP contribution in [0.5, 0.6) is 0 Å². The molecule has 0 saturated carbocycles. The first-order valence-corrected chi connectivity index (χ1v) is 3.86. The number of carboxylic acids is 1. The summed E-state index contributed by atoms with van der Waals surface area (Å²) in [5.41, 5.74) is 5.27. The van der Waals surface area contributed by atoms with Gasteiger partial charge in [-0.3, -0.25) is 4.79 Å². The Balaban J connectivity index is 2.92. The molecule has 6 heteroatoms. The monoisotopic (exact) mass is 192 g/mol. The van der Waals surface area contributed by atoms with Crippen LogP contribution in [-0.2, 0) is 4.79 Å². The minimum absolute atomic E-state index is 0.310. The Labute approximate surface area is 71.8 Å². The molecular formula is C5H5ClN2O2S. The van der Waals surface area contributed by atoms with Gasteiger partial charge in [0.2, 0.25) is 0 Å². The summed E-state index contributed by atoms with van der Waals surface area (Å²) < 4.78 is 3.69. The molecule has 1 unspecified atom stereocenters. The Morgan fingerprint density at radius 2 is 2.55 bits per heavy atom. The molecule has 1 atom stereocenters. The van der Waals surface area contributed by atoms with Crippen molar-refractivity contribution >= 4 is 29.1 Å². The fourth-order valence-corrected chi connectivity index (χ4v) is 1.51. The third kappa shape index (κ3) is 1.68. The van der Waals surface area contributed by atoms with Crippen molar-refractivity contribution < 1.29 is 9.90 Å². The lowest BCUT2D eigenvalue weighted by Crippen LogP contribution is -2.19. The molecule has 0 spiro atoms. The fraction of sp³-hybridized carbons (Fsp3) is 0.200. The summed E-state index contributed by atoms with van der Waals surface area (Å²) in [6, 6.07) is -1.06. The number of hydrogen-bond acceptors (Lipinski definition) is 4. The van der Waals surface area contributed by atoms with Crippen LogP contribution in [0.25, 0.3) is 0 Å². The number of nitrogens with zero attached hydrogens (tertiary/aromatic N) is 1. The Hall–Kier alpha value is -0.650. The van der Waals surface area contributed by atoms with Crippen molar-refractivity contribution in [2.24, 2.45) is 5.73 Å². The molecule has 0 amide bonds. The lowest BCUT2D eigenvalue weighted by atomic mass is 10.3. The first kappa shape index (κ1) is 8.45. The summed E-state index contributed by atoms with van der Waals surface area (Å²) in [6.45, 7) is 0. The fourth-order valence-electron chi connectivity index (χ4n) is 0.554. The van der Waals surface area contributed by atoms with Gasteiger partial charge in [-0.1, -0.05) is 11.6 Å². The number of hydrogen-bond donors (Lipinski definition) is 2. The van der Waals surface area contributed by atoms with Crippen molar-refractivity contribution in [3.63, 3.8) is 0 Å². The molecule has 60 valence electrons. The van der Waals surface area contributed by atoms with Crippen molar-refractivity contribution in [1.82, 2.24) is 4.37 Å². The second-order valence-electron chi connectivity index (χ2n) is 1.85. The van der Waals surface area contributed by atoms with E-state index in [0.29, 0.717) is 9.90 Å². The van der Waals surface area contributed by atoms with Gasteiger partial charge in [0, 0.05) is 0 Å². The average molecular weight is 193 g/mol. The quantitative estimate of drug-likeness (QED) is 0.730. The van der Waals surface area contributed by atoms with E-state index in [1.807, 2.05) is 0 Å². The van der Waals surface area contributed by atoms with Gasteiger partial charge < -0.3 is 10.8 Å². The molecule has 0 aliphatic heterocycles. The largest absolute Gasteiger partial charge is 0.480 e. The smallest absolute Gasteiger partial charge is 0.326 e. The number of carboxylic acid groups (broad SMARTS) is 1. The predicted octanol–water partition coefficient (Wildman–Crippen LogP) is 0.881. The van der Waals surface area contributed by atoms with Crippen LogP contribution >= 0.6 is 23.1 Å². The summed E-state index contributed by atoms with van der Waals surface area (Å²) >= 11 is 6.58. The molecule has 0 aromatic carbocycles. The third-order valence-corrected chi connectivity index (χ3v) is 2.40. The molecule has 0 fully saturated rings. The minimum Gasteiger partial charge on any atom is -0.480 e. The molecule has 0 bridgehead atoms. The van der Waals surface area contributed by atoms with Crippen LogP contribution in [0.4, 0.5) is 0 Å². The first-order valence-electron chi connectivity index (χ1n) is 2.71. The van der Waals surface area contributed by atoms with E-state index < -0.39 is 12.0 Å². The molecule has 0 saturated heterocycles. The number of halogens is 1. The second kappa shape index (κ2) is 3.17. The van der Waals surface area contributed by atoms with Gasteiger partial charge in [0.15, 0.2) is 0 Å². The predicted molar refractivity (Wildman–Crippen MR) is 41.7 cm³/mol. The SMILES string of the molecule is NC(C(=O)O)c1sncc1Cl. The topological polar surface area (TPSA) is 76.2 Å². The molecule has 3 N–H and O–H groups in total. The lowest BCUT2D eigenvalue weighted by Gasteiger charge is -2.01. The van der Waals surface area contributed by atoms with Crippen LogP contribution in [0.1, 0.15) is 10.9 Å².